The van der Waals surface area contributed by atoms with Crippen LogP contribution in [-0.4, -0.2) is 31.2 Å². The first-order valence-electron chi connectivity index (χ1n) is 8.60. The number of carboxylic acids is 1. The standard InChI is InChI=1S/C20H19BrN2O4/c1-26-16-8-10(7-13(21)19(16)27-2)17-18-12(9-15(23-17)20(24)25)11-5-3-4-6-14(11)22-18/h3-8,15,17,22-23H,9H2,1-2H3,(H,24,25)/t15-,17-/m1/s1. The average Bonchev–Trinajstić information content (AvgIpc) is 3.05. The van der Waals surface area contributed by atoms with Crippen LogP contribution in [0.15, 0.2) is 40.9 Å². The van der Waals surface area contributed by atoms with E-state index in [1.54, 1.807) is 14.2 Å². The van der Waals surface area contributed by atoms with E-state index < -0.39 is 12.0 Å². The maximum atomic E-state index is 11.7. The van der Waals surface area contributed by atoms with Gasteiger partial charge in [-0.05, 0) is 39.7 Å². The fraction of sp³-hybridized carbons (Fsp3) is 0.250. The summed E-state index contributed by atoms with van der Waals surface area (Å²) < 4.78 is 11.6. The van der Waals surface area contributed by atoms with Crippen LogP contribution >= 0.6 is 15.9 Å². The molecule has 2 aromatic carbocycles. The first-order valence-corrected chi connectivity index (χ1v) is 9.39. The predicted octanol–water partition coefficient (Wildman–Crippen LogP) is 1.28. The number of H-pyrrole nitrogens is 1. The molecule has 0 aliphatic carbocycles. The quantitative estimate of drug-likeness (QED) is 0.651. The number of quaternary nitrogens is 1. The number of nitrogens with two attached hydrogens (primary N) is 1. The number of fused-ring (bicyclic) bond motifs is 3. The summed E-state index contributed by atoms with van der Waals surface area (Å²) in [6.07, 6.45) is 0.423. The minimum atomic E-state index is -1.06. The molecule has 7 heteroatoms. The third kappa shape index (κ3) is 2.96. The molecule has 3 aromatic rings. The summed E-state index contributed by atoms with van der Waals surface area (Å²) in [5.41, 5.74) is 3.95. The number of carbonyl (C=O) groups is 1. The molecule has 0 saturated carbocycles. The topological polar surface area (TPSA) is 91.0 Å². The van der Waals surface area contributed by atoms with Crippen LogP contribution in [0.4, 0.5) is 0 Å². The van der Waals surface area contributed by atoms with Gasteiger partial charge in [-0.1, -0.05) is 18.2 Å². The second kappa shape index (κ2) is 6.90. The third-order valence-electron chi connectivity index (χ3n) is 5.12. The monoisotopic (exact) mass is 430 g/mol. The number of rotatable bonds is 4. The van der Waals surface area contributed by atoms with Crippen LogP contribution in [0.1, 0.15) is 22.9 Å². The van der Waals surface area contributed by atoms with Gasteiger partial charge >= 0.3 is 0 Å². The van der Waals surface area contributed by atoms with Gasteiger partial charge in [0.25, 0.3) is 0 Å². The molecule has 0 unspecified atom stereocenters. The fourth-order valence-electron chi connectivity index (χ4n) is 3.88. The highest BCUT2D eigenvalue weighted by Crippen LogP contribution is 2.40. The summed E-state index contributed by atoms with van der Waals surface area (Å²) >= 11 is 3.53. The van der Waals surface area contributed by atoms with Crippen molar-refractivity contribution >= 4 is 32.8 Å². The minimum Gasteiger partial charge on any atom is -0.544 e. The molecule has 0 spiro atoms. The Morgan fingerprint density at radius 2 is 2.04 bits per heavy atom. The van der Waals surface area contributed by atoms with Gasteiger partial charge in [0.1, 0.15) is 6.04 Å². The third-order valence-corrected chi connectivity index (χ3v) is 5.71. The van der Waals surface area contributed by atoms with Gasteiger partial charge in [0.15, 0.2) is 17.5 Å². The smallest absolute Gasteiger partial charge is 0.174 e. The summed E-state index contributed by atoms with van der Waals surface area (Å²) in [6.45, 7) is 0. The molecule has 1 aliphatic rings. The zero-order valence-corrected chi connectivity index (χ0v) is 16.5. The Kier molecular flexibility index (Phi) is 4.57. The second-order valence-corrected chi connectivity index (χ2v) is 7.46. The normalized spacial score (nSPS) is 18.9. The van der Waals surface area contributed by atoms with Crippen molar-refractivity contribution in [2.24, 2.45) is 0 Å². The molecule has 0 bridgehead atoms. The first-order chi connectivity index (χ1) is 13.0. The molecule has 2 atom stereocenters. The predicted molar refractivity (Wildman–Crippen MR) is 102 cm³/mol. The van der Waals surface area contributed by atoms with E-state index in [1.807, 2.05) is 41.7 Å². The number of carboxylic acid groups (broad SMARTS) is 1. The van der Waals surface area contributed by atoms with Crippen molar-refractivity contribution in [2.45, 2.75) is 18.5 Å². The van der Waals surface area contributed by atoms with E-state index in [0.29, 0.717) is 17.9 Å². The van der Waals surface area contributed by atoms with Crippen molar-refractivity contribution in [3.8, 4) is 11.5 Å². The van der Waals surface area contributed by atoms with Crippen LogP contribution in [0.25, 0.3) is 10.9 Å². The van der Waals surface area contributed by atoms with E-state index in [-0.39, 0.29) is 6.04 Å². The molecule has 1 aromatic heterocycles. The number of halogens is 1. The van der Waals surface area contributed by atoms with Gasteiger partial charge in [0.05, 0.1) is 30.4 Å². The van der Waals surface area contributed by atoms with Crippen LogP contribution < -0.4 is 19.9 Å². The lowest BCUT2D eigenvalue weighted by atomic mass is 9.90. The number of hydrogen-bond acceptors (Lipinski definition) is 4. The molecular formula is C20H19BrN2O4. The fourth-order valence-corrected chi connectivity index (χ4v) is 4.50. The van der Waals surface area contributed by atoms with Crippen molar-refractivity contribution in [3.63, 3.8) is 0 Å². The van der Waals surface area contributed by atoms with Crippen LogP contribution in [0.3, 0.4) is 0 Å². The van der Waals surface area contributed by atoms with Gasteiger partial charge in [-0.2, -0.15) is 0 Å². The lowest BCUT2D eigenvalue weighted by Crippen LogP contribution is -2.95. The Morgan fingerprint density at radius 3 is 2.74 bits per heavy atom. The molecule has 4 rings (SSSR count). The number of para-hydroxylation sites is 1. The highest BCUT2D eigenvalue weighted by molar-refractivity contribution is 9.10. The molecule has 0 radical (unpaired) electrons. The van der Waals surface area contributed by atoms with Gasteiger partial charge < -0.3 is 29.7 Å². The van der Waals surface area contributed by atoms with Crippen molar-refractivity contribution < 1.29 is 24.7 Å². The SMILES string of the molecule is COc1cc([C@H]2[NH2+][C@@H](C(=O)[O-])Cc3c2[nH]c2ccccc32)cc(Br)c1OC. The van der Waals surface area contributed by atoms with E-state index in [0.717, 1.165) is 32.2 Å². The molecule has 2 heterocycles. The molecule has 0 saturated heterocycles. The Bertz CT molecular complexity index is 1030. The van der Waals surface area contributed by atoms with E-state index in [1.165, 1.54) is 0 Å². The maximum Gasteiger partial charge on any atom is 0.174 e. The molecule has 27 heavy (non-hydrogen) atoms. The van der Waals surface area contributed by atoms with Gasteiger partial charge in [-0.15, -0.1) is 0 Å². The van der Waals surface area contributed by atoms with Gasteiger partial charge in [0, 0.05) is 22.9 Å². The summed E-state index contributed by atoms with van der Waals surface area (Å²) in [6, 6.07) is 10.9. The number of aromatic nitrogens is 1. The van der Waals surface area contributed by atoms with Crippen LogP contribution in [0.5, 0.6) is 11.5 Å². The number of benzene rings is 2. The molecular weight excluding hydrogens is 412 g/mol. The van der Waals surface area contributed by atoms with Crippen LogP contribution in [-0.2, 0) is 11.2 Å². The van der Waals surface area contributed by atoms with E-state index in [4.69, 9.17) is 9.47 Å². The van der Waals surface area contributed by atoms with E-state index in [9.17, 15) is 9.90 Å². The number of methoxy groups -OCH3 is 2. The number of carbonyl (C=O) groups excluding carboxylic acids is 1. The summed E-state index contributed by atoms with van der Waals surface area (Å²) in [5.74, 6) is 0.129. The first kappa shape index (κ1) is 17.9. The Labute approximate surface area is 164 Å². The lowest BCUT2D eigenvalue weighted by Gasteiger charge is -2.29. The Morgan fingerprint density at radius 1 is 1.26 bits per heavy atom. The average molecular weight is 431 g/mol. The molecule has 0 fully saturated rings. The molecule has 140 valence electrons. The zero-order valence-electron chi connectivity index (χ0n) is 14.9. The molecule has 3 N–H and O–H groups in total. The highest BCUT2D eigenvalue weighted by atomic mass is 79.9. The highest BCUT2D eigenvalue weighted by Gasteiger charge is 2.35. The second-order valence-electron chi connectivity index (χ2n) is 6.60. The summed E-state index contributed by atoms with van der Waals surface area (Å²) in [7, 11) is 3.16. The van der Waals surface area contributed by atoms with Crippen molar-refractivity contribution in [2.75, 3.05) is 14.2 Å². The maximum absolute atomic E-state index is 11.7. The van der Waals surface area contributed by atoms with Crippen LogP contribution in [0, 0.1) is 0 Å². The van der Waals surface area contributed by atoms with E-state index in [2.05, 4.69) is 20.9 Å². The van der Waals surface area contributed by atoms with E-state index >= 15 is 0 Å². The minimum absolute atomic E-state index is 0.222. The number of aromatic amines is 1. The van der Waals surface area contributed by atoms with Crippen molar-refractivity contribution in [1.82, 2.24) is 4.98 Å². The summed E-state index contributed by atoms with van der Waals surface area (Å²) in [4.78, 5) is 15.2. The zero-order chi connectivity index (χ0) is 19.1. The molecule has 1 aliphatic heterocycles. The van der Waals surface area contributed by atoms with Gasteiger partial charge in [-0.25, -0.2) is 0 Å². The number of hydrogen-bond donors (Lipinski definition) is 2. The van der Waals surface area contributed by atoms with Crippen molar-refractivity contribution in [1.29, 1.82) is 0 Å². The molecule has 0 amide bonds. The van der Waals surface area contributed by atoms with Crippen LogP contribution in [0.2, 0.25) is 0 Å². The van der Waals surface area contributed by atoms with Crippen molar-refractivity contribution in [3.05, 3.63) is 57.7 Å². The Balaban J connectivity index is 1.90. The van der Waals surface area contributed by atoms with Gasteiger partial charge in [0.2, 0.25) is 0 Å². The number of aliphatic carboxylic acids is 1. The number of nitrogens with one attached hydrogen (secondary N) is 1. The van der Waals surface area contributed by atoms with Gasteiger partial charge in [-0.3, -0.25) is 0 Å². The Hall–Kier alpha value is -2.51. The molecule has 6 nitrogen and oxygen atoms in total. The summed E-state index contributed by atoms with van der Waals surface area (Å²) in [5, 5.41) is 14.6. The largest absolute Gasteiger partial charge is 0.544 e. The number of ether oxygens (including phenoxy) is 2. The lowest BCUT2D eigenvalue weighted by molar-refractivity contribution is -0.717.